The number of likely N-dealkylation sites (N-methyl/N-ethyl adjacent to an activating group) is 1. The molecule has 0 bridgehead atoms. The highest BCUT2D eigenvalue weighted by Crippen LogP contribution is 2.01. The van der Waals surface area contributed by atoms with Crippen molar-refractivity contribution < 1.29 is 4.79 Å². The van der Waals surface area contributed by atoms with Gasteiger partial charge >= 0.3 is 0 Å². The van der Waals surface area contributed by atoms with Crippen molar-refractivity contribution in [1.82, 2.24) is 15.2 Å². The highest BCUT2D eigenvalue weighted by atomic mass is 35.5. The van der Waals surface area contributed by atoms with E-state index in [2.05, 4.69) is 36.1 Å². The molecular weight excluding hydrogens is 299 g/mol. The average Bonchev–Trinajstić information content (AvgIpc) is 2.37. The molecule has 0 saturated heterocycles. The zero-order valence-corrected chi connectivity index (χ0v) is 13.8. The molecule has 7 heteroatoms. The number of nitrogen functional groups attached to an aromatic ring is 1. The molecule has 0 spiro atoms. The number of anilines is 1. The minimum atomic E-state index is -0.181. The van der Waals surface area contributed by atoms with E-state index in [1.54, 1.807) is 18.2 Å². The number of amides is 1. The van der Waals surface area contributed by atoms with Gasteiger partial charge in [-0.15, -0.1) is 24.8 Å². The van der Waals surface area contributed by atoms with Gasteiger partial charge < -0.3 is 16.0 Å². The van der Waals surface area contributed by atoms with Crippen LogP contribution in [0.25, 0.3) is 0 Å². The van der Waals surface area contributed by atoms with Crippen molar-refractivity contribution in [2.24, 2.45) is 0 Å². The van der Waals surface area contributed by atoms with Crippen molar-refractivity contribution in [2.75, 3.05) is 25.9 Å². The molecule has 1 aromatic heterocycles. The Morgan fingerprint density at radius 2 is 2.10 bits per heavy atom. The van der Waals surface area contributed by atoms with E-state index in [4.69, 9.17) is 5.73 Å². The van der Waals surface area contributed by atoms with Crippen LogP contribution in [0, 0.1) is 0 Å². The summed E-state index contributed by atoms with van der Waals surface area (Å²) in [4.78, 5) is 18.0. The number of hydrogen-bond donors (Lipinski definition) is 2. The summed E-state index contributed by atoms with van der Waals surface area (Å²) >= 11 is 0. The Morgan fingerprint density at radius 1 is 1.45 bits per heavy atom. The second-order valence-corrected chi connectivity index (χ2v) is 4.44. The summed E-state index contributed by atoms with van der Waals surface area (Å²) in [7, 11) is 2.05. The van der Waals surface area contributed by atoms with Crippen molar-refractivity contribution >= 4 is 36.5 Å². The van der Waals surface area contributed by atoms with E-state index in [0.717, 1.165) is 13.0 Å². The molecule has 116 valence electrons. The van der Waals surface area contributed by atoms with Gasteiger partial charge in [0.05, 0.1) is 0 Å². The van der Waals surface area contributed by atoms with Gasteiger partial charge in [0.2, 0.25) is 0 Å². The molecule has 0 aliphatic heterocycles. The molecule has 0 aromatic carbocycles. The van der Waals surface area contributed by atoms with Crippen LogP contribution in [-0.4, -0.2) is 42.0 Å². The Labute approximate surface area is 133 Å². The van der Waals surface area contributed by atoms with Gasteiger partial charge in [-0.1, -0.05) is 13.0 Å². The lowest BCUT2D eigenvalue weighted by Gasteiger charge is -2.23. The first-order valence-electron chi connectivity index (χ1n) is 6.25. The monoisotopic (exact) mass is 322 g/mol. The van der Waals surface area contributed by atoms with E-state index < -0.39 is 0 Å². The highest BCUT2D eigenvalue weighted by molar-refractivity contribution is 5.92. The predicted octanol–water partition coefficient (Wildman–Crippen LogP) is 1.97. The predicted molar refractivity (Wildman–Crippen MR) is 87.9 cm³/mol. The molecule has 1 rings (SSSR count). The Kier molecular flexibility index (Phi) is 11.4. The van der Waals surface area contributed by atoms with Crippen LogP contribution in [0.4, 0.5) is 5.82 Å². The Bertz CT molecular complexity index is 404. The first-order chi connectivity index (χ1) is 8.54. The number of halogens is 2. The summed E-state index contributed by atoms with van der Waals surface area (Å²) in [5.74, 6) is 0.180. The molecule has 0 fully saturated rings. The van der Waals surface area contributed by atoms with Gasteiger partial charge in [-0.05, 0) is 32.5 Å². The molecule has 1 unspecified atom stereocenters. The number of hydrogen-bond acceptors (Lipinski definition) is 4. The van der Waals surface area contributed by atoms with Crippen LogP contribution in [0.2, 0.25) is 0 Å². The Morgan fingerprint density at radius 3 is 2.65 bits per heavy atom. The van der Waals surface area contributed by atoms with E-state index in [1.807, 2.05) is 0 Å². The quantitative estimate of drug-likeness (QED) is 0.840. The Balaban J connectivity index is 0. The molecular formula is C13H24Cl2N4O. The van der Waals surface area contributed by atoms with E-state index in [1.165, 1.54) is 0 Å². The first kappa shape index (κ1) is 21.3. The molecule has 0 radical (unpaired) electrons. The molecule has 1 amide bonds. The Hall–Kier alpha value is -1.04. The fourth-order valence-electron chi connectivity index (χ4n) is 1.55. The van der Waals surface area contributed by atoms with Crippen LogP contribution in [0.1, 0.15) is 30.8 Å². The number of nitrogens with one attached hydrogen (secondary N) is 1. The first-order valence-corrected chi connectivity index (χ1v) is 6.25. The van der Waals surface area contributed by atoms with Gasteiger partial charge in [0.25, 0.3) is 5.91 Å². The number of carbonyl (C=O) groups excluding carboxylic acids is 1. The van der Waals surface area contributed by atoms with Gasteiger partial charge in [-0.3, -0.25) is 4.79 Å². The van der Waals surface area contributed by atoms with Crippen molar-refractivity contribution in [1.29, 1.82) is 0 Å². The second-order valence-electron chi connectivity index (χ2n) is 4.44. The lowest BCUT2D eigenvalue weighted by molar-refractivity contribution is 0.0942. The minimum absolute atomic E-state index is 0. The average molecular weight is 323 g/mol. The van der Waals surface area contributed by atoms with Gasteiger partial charge in [-0.25, -0.2) is 4.98 Å². The van der Waals surface area contributed by atoms with E-state index in [9.17, 15) is 4.79 Å². The molecule has 0 saturated carbocycles. The van der Waals surface area contributed by atoms with E-state index in [-0.39, 0.29) is 30.7 Å². The topological polar surface area (TPSA) is 71.2 Å². The summed E-state index contributed by atoms with van der Waals surface area (Å²) in [5, 5.41) is 2.84. The van der Waals surface area contributed by atoms with Crippen molar-refractivity contribution in [3.8, 4) is 0 Å². The molecule has 1 atom stereocenters. The van der Waals surface area contributed by atoms with Crippen LogP contribution >= 0.6 is 24.8 Å². The fourth-order valence-corrected chi connectivity index (χ4v) is 1.55. The fraction of sp³-hybridized carbons (Fsp3) is 0.538. The van der Waals surface area contributed by atoms with Gasteiger partial charge in [0.1, 0.15) is 11.5 Å². The summed E-state index contributed by atoms with van der Waals surface area (Å²) in [6.45, 7) is 5.75. The van der Waals surface area contributed by atoms with Crippen molar-refractivity contribution in [2.45, 2.75) is 26.3 Å². The normalized spacial score (nSPS) is 11.2. The van der Waals surface area contributed by atoms with E-state index >= 15 is 0 Å². The second kappa shape index (κ2) is 10.7. The molecule has 1 heterocycles. The standard InChI is InChI=1S/C13H22N4O.2ClH/c1-4-10(2)17(3)9-8-15-13(18)11-6-5-7-12(14)16-11;;/h5-7,10H,4,8-9H2,1-3H3,(H2,14,16)(H,15,18);2*1H. The zero-order chi connectivity index (χ0) is 13.5. The molecule has 3 N–H and O–H groups in total. The molecule has 0 aliphatic rings. The number of nitrogens with two attached hydrogens (primary N) is 1. The highest BCUT2D eigenvalue weighted by Gasteiger charge is 2.09. The lowest BCUT2D eigenvalue weighted by Crippen LogP contribution is -2.37. The maximum atomic E-state index is 11.8. The van der Waals surface area contributed by atoms with Crippen LogP contribution < -0.4 is 11.1 Å². The number of aromatic nitrogens is 1. The third-order valence-corrected chi connectivity index (χ3v) is 3.10. The molecule has 5 nitrogen and oxygen atoms in total. The lowest BCUT2D eigenvalue weighted by atomic mass is 10.2. The number of rotatable bonds is 6. The van der Waals surface area contributed by atoms with Crippen LogP contribution in [0.5, 0.6) is 0 Å². The molecule has 0 aliphatic carbocycles. The summed E-state index contributed by atoms with van der Waals surface area (Å²) in [5.41, 5.74) is 5.89. The van der Waals surface area contributed by atoms with Crippen molar-refractivity contribution in [3.63, 3.8) is 0 Å². The molecule has 20 heavy (non-hydrogen) atoms. The van der Waals surface area contributed by atoms with Gasteiger partial charge in [0, 0.05) is 19.1 Å². The maximum Gasteiger partial charge on any atom is 0.270 e. The zero-order valence-electron chi connectivity index (χ0n) is 12.1. The van der Waals surface area contributed by atoms with Crippen LogP contribution in [-0.2, 0) is 0 Å². The van der Waals surface area contributed by atoms with Crippen molar-refractivity contribution in [3.05, 3.63) is 23.9 Å². The maximum absolute atomic E-state index is 11.8. The third-order valence-electron chi connectivity index (χ3n) is 3.10. The summed E-state index contributed by atoms with van der Waals surface area (Å²) in [6.07, 6.45) is 1.10. The third kappa shape index (κ3) is 6.93. The number of pyridine rings is 1. The van der Waals surface area contributed by atoms with E-state index in [0.29, 0.717) is 24.1 Å². The van der Waals surface area contributed by atoms with Crippen LogP contribution in [0.3, 0.4) is 0 Å². The number of carbonyl (C=O) groups is 1. The minimum Gasteiger partial charge on any atom is -0.384 e. The SMILES string of the molecule is CCC(C)N(C)CCNC(=O)c1cccc(N)n1.Cl.Cl. The summed E-state index contributed by atoms with van der Waals surface area (Å²) < 4.78 is 0. The molecule has 1 aromatic rings. The largest absolute Gasteiger partial charge is 0.384 e. The van der Waals surface area contributed by atoms with Gasteiger partial charge in [-0.2, -0.15) is 0 Å². The smallest absolute Gasteiger partial charge is 0.270 e. The summed E-state index contributed by atoms with van der Waals surface area (Å²) in [6, 6.07) is 5.56. The number of nitrogens with zero attached hydrogens (tertiary/aromatic N) is 2. The van der Waals surface area contributed by atoms with Crippen LogP contribution in [0.15, 0.2) is 18.2 Å². The van der Waals surface area contributed by atoms with Gasteiger partial charge in [0.15, 0.2) is 0 Å².